The van der Waals surface area contributed by atoms with Crippen molar-refractivity contribution in [2.45, 2.75) is 6.92 Å². The van der Waals surface area contributed by atoms with E-state index >= 15 is 0 Å². The summed E-state index contributed by atoms with van der Waals surface area (Å²) in [5.41, 5.74) is 0. The van der Waals surface area contributed by atoms with Crippen LogP contribution in [0.2, 0.25) is 0 Å². The summed E-state index contributed by atoms with van der Waals surface area (Å²) in [7, 11) is -1.90. The molecule has 0 radical (unpaired) electrons. The van der Waals surface area contributed by atoms with Crippen LogP contribution in [0.5, 0.6) is 0 Å². The van der Waals surface area contributed by atoms with Gasteiger partial charge in [0.15, 0.2) is 11.6 Å². The number of benzene rings is 4. The van der Waals surface area contributed by atoms with E-state index in [1.54, 1.807) is 0 Å². The number of hydrogen-bond acceptors (Lipinski definition) is 0. The second-order valence-electron chi connectivity index (χ2n) is 6.92. The Morgan fingerprint density at radius 1 is 0.600 bits per heavy atom. The van der Waals surface area contributed by atoms with Gasteiger partial charge in [-0.1, -0.05) is 15.9 Å². The predicted octanol–water partition coefficient (Wildman–Crippen LogP) is 6.46. The molecular formula is C26H24BrF2P. The summed E-state index contributed by atoms with van der Waals surface area (Å²) >= 11 is 2.99. The largest absolute Gasteiger partial charge is 0.204 e. The molecule has 4 aromatic rings. The third-order valence-electron chi connectivity index (χ3n) is 5.21. The van der Waals surface area contributed by atoms with Crippen molar-refractivity contribution in [2.24, 2.45) is 0 Å². The second kappa shape index (κ2) is 10.6. The van der Waals surface area contributed by atoms with Crippen molar-refractivity contribution >= 4 is 39.1 Å². The molecule has 30 heavy (non-hydrogen) atoms. The fourth-order valence-electron chi connectivity index (χ4n) is 3.75. The molecule has 0 saturated carbocycles. The predicted molar refractivity (Wildman–Crippen MR) is 131 cm³/mol. The zero-order chi connectivity index (χ0) is 21.4. The monoisotopic (exact) mass is 484 g/mol. The summed E-state index contributed by atoms with van der Waals surface area (Å²) in [6.45, 7) is 2.33. The molecule has 0 N–H and O–H groups in total. The zero-order valence-electron chi connectivity index (χ0n) is 16.7. The van der Waals surface area contributed by atoms with Crippen LogP contribution < -0.4 is 15.9 Å². The van der Waals surface area contributed by atoms with Gasteiger partial charge in [-0.25, -0.2) is 8.78 Å². The van der Waals surface area contributed by atoms with Gasteiger partial charge in [0.25, 0.3) is 0 Å². The minimum atomic E-state index is -1.90. The van der Waals surface area contributed by atoms with E-state index in [0.29, 0.717) is 4.47 Å². The molecule has 0 nitrogen and oxygen atoms in total. The number of hydrogen-bond donors (Lipinski definition) is 0. The smallest absolute Gasteiger partial charge is 0.159 e. The van der Waals surface area contributed by atoms with Crippen molar-refractivity contribution in [2.75, 3.05) is 6.16 Å². The van der Waals surface area contributed by atoms with Crippen LogP contribution in [0.4, 0.5) is 8.78 Å². The molecule has 0 amide bonds. The van der Waals surface area contributed by atoms with Crippen molar-refractivity contribution in [1.82, 2.24) is 0 Å². The Labute approximate surface area is 186 Å². The third-order valence-corrected chi connectivity index (χ3v) is 10.7. The van der Waals surface area contributed by atoms with Crippen molar-refractivity contribution in [3.8, 4) is 0 Å². The Morgan fingerprint density at radius 3 is 1.30 bits per heavy atom. The molecule has 0 unspecified atom stereocenters. The first-order valence-corrected chi connectivity index (χ1v) is 12.8. The van der Waals surface area contributed by atoms with Gasteiger partial charge < -0.3 is 0 Å². The molecule has 0 atom stereocenters. The first kappa shape index (κ1) is 22.3. The molecule has 0 spiro atoms. The molecule has 0 heterocycles. The van der Waals surface area contributed by atoms with Gasteiger partial charge in [0.05, 0.1) is 0 Å². The summed E-state index contributed by atoms with van der Waals surface area (Å²) in [5.74, 6) is -1.65. The molecule has 4 aromatic carbocycles. The molecule has 0 aliphatic carbocycles. The van der Waals surface area contributed by atoms with E-state index in [0.717, 1.165) is 12.1 Å². The van der Waals surface area contributed by atoms with E-state index in [4.69, 9.17) is 0 Å². The Bertz CT molecular complexity index is 957. The third kappa shape index (κ3) is 5.03. The van der Waals surface area contributed by atoms with Crippen LogP contribution in [-0.4, -0.2) is 6.16 Å². The van der Waals surface area contributed by atoms with Gasteiger partial charge in [-0.05, 0) is 18.2 Å². The molecule has 154 valence electrons. The van der Waals surface area contributed by atoms with Crippen LogP contribution in [0, 0.1) is 11.6 Å². The maximum atomic E-state index is 12.2. The van der Waals surface area contributed by atoms with Gasteiger partial charge >= 0.3 is 127 Å². The molecule has 0 bridgehead atoms. The number of halogens is 3. The summed E-state index contributed by atoms with van der Waals surface area (Å²) in [4.78, 5) is 0. The van der Waals surface area contributed by atoms with Crippen molar-refractivity contribution in [3.63, 3.8) is 0 Å². The van der Waals surface area contributed by atoms with Crippen molar-refractivity contribution in [3.05, 3.63) is 125 Å². The molecule has 0 saturated heterocycles. The Balaban J connectivity index is 0.000000239. The second-order valence-corrected chi connectivity index (χ2v) is 12.1. The van der Waals surface area contributed by atoms with Crippen LogP contribution in [0.1, 0.15) is 6.92 Å². The average molecular weight is 485 g/mol. The molecule has 0 aliphatic rings. The van der Waals surface area contributed by atoms with Gasteiger partial charge in [-0.3, -0.25) is 0 Å². The van der Waals surface area contributed by atoms with E-state index in [9.17, 15) is 8.78 Å². The van der Waals surface area contributed by atoms with Gasteiger partial charge in [0.2, 0.25) is 0 Å². The number of rotatable bonds is 4. The molecule has 0 aromatic heterocycles. The standard InChI is InChI=1S/C20H21P.C6H3BrF2/c1-2-21(18-12-6-3-7-13-18,19-14-8-4-9-15-19)20-16-10-5-11-17-20;7-4-1-2-5(8)6(9)3-4/h3-17,21H,2H2,1H3;1-3H. The zero-order valence-corrected chi connectivity index (χ0v) is 19.3. The van der Waals surface area contributed by atoms with Crippen molar-refractivity contribution < 1.29 is 8.78 Å². The van der Waals surface area contributed by atoms with Gasteiger partial charge in [0, 0.05) is 4.47 Å². The Kier molecular flexibility index (Phi) is 7.90. The SMILES string of the molecule is CC[PH](c1ccccc1)(c1ccccc1)c1ccccc1.Fc1ccc(Br)cc1F. The van der Waals surface area contributed by atoms with Gasteiger partial charge in [-0.15, -0.1) is 0 Å². The molecule has 0 aliphatic heterocycles. The molecular weight excluding hydrogens is 461 g/mol. The van der Waals surface area contributed by atoms with Gasteiger partial charge in [0.1, 0.15) is 0 Å². The fraction of sp³-hybridized carbons (Fsp3) is 0.0769. The van der Waals surface area contributed by atoms with Crippen LogP contribution in [0.3, 0.4) is 0 Å². The summed E-state index contributed by atoms with van der Waals surface area (Å²) in [5, 5.41) is 4.47. The minimum absolute atomic E-state index is 0.543. The van der Waals surface area contributed by atoms with Crippen LogP contribution in [-0.2, 0) is 0 Å². The quantitative estimate of drug-likeness (QED) is 0.230. The molecule has 0 fully saturated rings. The molecule has 4 heteroatoms. The Hall–Kier alpha value is -2.35. The maximum Gasteiger partial charge on any atom is 0.159 e. The average Bonchev–Trinajstić information content (AvgIpc) is 2.80. The van der Waals surface area contributed by atoms with E-state index in [-0.39, 0.29) is 0 Å². The summed E-state index contributed by atoms with van der Waals surface area (Å²) in [6, 6.07) is 36.7. The first-order chi connectivity index (χ1) is 14.6. The Morgan fingerprint density at radius 2 is 1.00 bits per heavy atom. The summed E-state index contributed by atoms with van der Waals surface area (Å²) in [6.07, 6.45) is 1.17. The topological polar surface area (TPSA) is 0 Å². The van der Waals surface area contributed by atoms with E-state index in [1.807, 2.05) is 0 Å². The normalized spacial score (nSPS) is 11.3. The summed E-state index contributed by atoms with van der Waals surface area (Å²) < 4.78 is 24.8. The fourth-order valence-corrected chi connectivity index (χ4v) is 8.59. The van der Waals surface area contributed by atoms with Crippen molar-refractivity contribution in [1.29, 1.82) is 0 Å². The van der Waals surface area contributed by atoms with Crippen LogP contribution in [0.25, 0.3) is 0 Å². The van der Waals surface area contributed by atoms with E-state index < -0.39 is 18.9 Å². The van der Waals surface area contributed by atoms with Crippen LogP contribution >= 0.6 is 23.2 Å². The first-order valence-electron chi connectivity index (χ1n) is 9.85. The maximum absolute atomic E-state index is 12.2. The molecule has 4 rings (SSSR count). The minimum Gasteiger partial charge on any atom is -0.204 e. The van der Waals surface area contributed by atoms with Crippen LogP contribution in [0.15, 0.2) is 114 Å². The van der Waals surface area contributed by atoms with Gasteiger partial charge in [-0.2, -0.15) is 0 Å². The van der Waals surface area contributed by atoms with E-state index in [2.05, 4.69) is 114 Å². The van der Waals surface area contributed by atoms with E-state index in [1.165, 1.54) is 28.1 Å².